The summed E-state index contributed by atoms with van der Waals surface area (Å²) in [4.78, 5) is 4.09. The van der Waals surface area contributed by atoms with Crippen molar-refractivity contribution < 1.29 is 8.78 Å². The second-order valence-electron chi connectivity index (χ2n) is 3.42. The molecule has 1 heterocycles. The van der Waals surface area contributed by atoms with Crippen molar-refractivity contribution in [3.05, 3.63) is 29.1 Å². The summed E-state index contributed by atoms with van der Waals surface area (Å²) in [6, 6.07) is 1.49. The van der Waals surface area contributed by atoms with Crippen LogP contribution in [-0.4, -0.2) is 4.98 Å². The van der Waals surface area contributed by atoms with Gasteiger partial charge in [-0.1, -0.05) is 27.7 Å². The number of hydrogen-bond donors (Lipinski definition) is 0. The Morgan fingerprint density at radius 1 is 1.20 bits per heavy atom. The molecule has 3 heteroatoms. The topological polar surface area (TPSA) is 12.9 Å². The van der Waals surface area contributed by atoms with Crippen molar-refractivity contribution in [2.45, 2.75) is 47.0 Å². The van der Waals surface area contributed by atoms with E-state index in [4.69, 9.17) is 0 Å². The summed E-state index contributed by atoms with van der Waals surface area (Å²) in [5.74, 6) is 0.193. The van der Waals surface area contributed by atoms with Crippen LogP contribution in [0.2, 0.25) is 0 Å². The van der Waals surface area contributed by atoms with E-state index in [9.17, 15) is 8.78 Å². The van der Waals surface area contributed by atoms with Gasteiger partial charge in [-0.3, -0.25) is 4.98 Å². The van der Waals surface area contributed by atoms with Crippen LogP contribution in [0.15, 0.2) is 12.3 Å². The average Bonchev–Trinajstić information content (AvgIpc) is 2.20. The van der Waals surface area contributed by atoms with Gasteiger partial charge >= 0.3 is 0 Å². The van der Waals surface area contributed by atoms with E-state index in [1.165, 1.54) is 12.3 Å². The Morgan fingerprint density at radius 2 is 1.73 bits per heavy atom. The molecule has 0 aliphatic rings. The van der Waals surface area contributed by atoms with Crippen LogP contribution >= 0.6 is 0 Å². The average molecular weight is 215 g/mol. The predicted molar refractivity (Wildman–Crippen MR) is 59.4 cm³/mol. The van der Waals surface area contributed by atoms with Gasteiger partial charge in [0.05, 0.1) is 0 Å². The van der Waals surface area contributed by atoms with Crippen LogP contribution in [0.25, 0.3) is 0 Å². The van der Waals surface area contributed by atoms with Gasteiger partial charge < -0.3 is 0 Å². The molecule has 0 fully saturated rings. The van der Waals surface area contributed by atoms with Gasteiger partial charge in [-0.2, -0.15) is 0 Å². The molecule has 0 bridgehead atoms. The van der Waals surface area contributed by atoms with Gasteiger partial charge in [0, 0.05) is 17.5 Å². The van der Waals surface area contributed by atoms with Crippen molar-refractivity contribution >= 4 is 0 Å². The smallest absolute Gasteiger partial charge is 0.261 e. The van der Waals surface area contributed by atoms with Gasteiger partial charge in [-0.15, -0.1) is 0 Å². The molecule has 0 radical (unpaired) electrons. The monoisotopic (exact) mass is 215 g/mol. The van der Waals surface area contributed by atoms with E-state index in [-0.39, 0.29) is 11.5 Å². The third-order valence-corrected chi connectivity index (χ3v) is 1.99. The van der Waals surface area contributed by atoms with E-state index in [2.05, 4.69) is 4.98 Å². The lowest BCUT2D eigenvalue weighted by Gasteiger charge is -2.09. The summed E-state index contributed by atoms with van der Waals surface area (Å²) in [5.41, 5.74) is 1.37. The minimum atomic E-state index is -2.40. The molecule has 15 heavy (non-hydrogen) atoms. The van der Waals surface area contributed by atoms with E-state index in [1.807, 2.05) is 27.7 Å². The van der Waals surface area contributed by atoms with Gasteiger partial charge in [0.25, 0.3) is 6.43 Å². The van der Waals surface area contributed by atoms with E-state index >= 15 is 0 Å². The lowest BCUT2D eigenvalue weighted by Crippen LogP contribution is -1.98. The highest BCUT2D eigenvalue weighted by Crippen LogP contribution is 2.24. The van der Waals surface area contributed by atoms with Crippen molar-refractivity contribution in [3.63, 3.8) is 0 Å². The molecule has 0 aromatic carbocycles. The molecule has 1 aromatic heterocycles. The molecule has 1 rings (SSSR count). The summed E-state index contributed by atoms with van der Waals surface area (Å²) in [6.07, 6.45) is -0.892. The normalized spacial score (nSPS) is 10.2. The number of aryl methyl sites for hydroxylation is 1. The van der Waals surface area contributed by atoms with Crippen molar-refractivity contribution in [1.82, 2.24) is 4.98 Å². The van der Waals surface area contributed by atoms with Gasteiger partial charge in [0.2, 0.25) is 0 Å². The van der Waals surface area contributed by atoms with Crippen LogP contribution in [0.3, 0.4) is 0 Å². The zero-order valence-electron chi connectivity index (χ0n) is 10.0. The SMILES string of the molecule is CC.Cc1cnc(C(C)C)cc1C(F)F. The van der Waals surface area contributed by atoms with Crippen molar-refractivity contribution in [3.8, 4) is 0 Å². The molecule has 0 unspecified atom stereocenters. The van der Waals surface area contributed by atoms with Crippen LogP contribution in [0.1, 0.15) is 56.9 Å². The maximum atomic E-state index is 12.4. The standard InChI is InChI=1S/C10H13F2N.C2H6/c1-6(2)9-4-8(10(11)12)7(3)5-13-9;1-2/h4-6,10H,1-3H3;1-2H3. The minimum absolute atomic E-state index is 0.0960. The Morgan fingerprint density at radius 3 is 2.13 bits per heavy atom. The largest absolute Gasteiger partial charge is 0.264 e. The number of alkyl halides is 2. The number of halogens is 2. The Labute approximate surface area is 90.5 Å². The zero-order valence-corrected chi connectivity index (χ0v) is 10.0. The first-order valence-electron chi connectivity index (χ1n) is 5.27. The Hall–Kier alpha value is -0.990. The minimum Gasteiger partial charge on any atom is -0.261 e. The first kappa shape index (κ1) is 14.0. The van der Waals surface area contributed by atoms with Crippen LogP contribution in [0.5, 0.6) is 0 Å². The summed E-state index contributed by atoms with van der Waals surface area (Å²) >= 11 is 0. The quantitative estimate of drug-likeness (QED) is 0.709. The Kier molecular flexibility index (Phi) is 6.06. The zero-order chi connectivity index (χ0) is 12.0. The van der Waals surface area contributed by atoms with Gasteiger partial charge in [0.1, 0.15) is 0 Å². The van der Waals surface area contributed by atoms with Crippen LogP contribution in [0.4, 0.5) is 8.78 Å². The summed E-state index contributed by atoms with van der Waals surface area (Å²) in [5, 5.41) is 0. The third kappa shape index (κ3) is 3.94. The first-order valence-corrected chi connectivity index (χ1v) is 5.27. The number of nitrogens with zero attached hydrogens (tertiary/aromatic N) is 1. The summed E-state index contributed by atoms with van der Waals surface area (Å²) in [7, 11) is 0. The molecular weight excluding hydrogens is 196 g/mol. The summed E-state index contributed by atoms with van der Waals surface area (Å²) < 4.78 is 24.9. The Bertz CT molecular complexity index is 296. The lowest BCUT2D eigenvalue weighted by molar-refractivity contribution is 0.150. The van der Waals surface area contributed by atoms with E-state index < -0.39 is 6.43 Å². The highest BCUT2D eigenvalue weighted by Gasteiger charge is 2.12. The fraction of sp³-hybridized carbons (Fsp3) is 0.583. The number of hydrogen-bond acceptors (Lipinski definition) is 1. The molecule has 0 saturated carbocycles. The molecule has 0 spiro atoms. The highest BCUT2D eigenvalue weighted by molar-refractivity contribution is 5.27. The van der Waals surface area contributed by atoms with Gasteiger partial charge in [-0.05, 0) is 24.5 Å². The molecule has 1 nitrogen and oxygen atoms in total. The maximum absolute atomic E-state index is 12.4. The maximum Gasteiger partial charge on any atom is 0.264 e. The highest BCUT2D eigenvalue weighted by atomic mass is 19.3. The lowest BCUT2D eigenvalue weighted by atomic mass is 10.1. The molecule has 1 aromatic rings. The van der Waals surface area contributed by atoms with E-state index in [0.29, 0.717) is 5.56 Å². The van der Waals surface area contributed by atoms with Gasteiger partial charge in [-0.25, -0.2) is 8.78 Å². The number of rotatable bonds is 2. The number of pyridine rings is 1. The number of aromatic nitrogens is 1. The first-order chi connectivity index (χ1) is 7.02. The van der Waals surface area contributed by atoms with E-state index in [1.54, 1.807) is 6.92 Å². The van der Waals surface area contributed by atoms with Crippen LogP contribution in [0, 0.1) is 6.92 Å². The second kappa shape index (κ2) is 6.49. The fourth-order valence-corrected chi connectivity index (χ4v) is 1.11. The molecule has 0 aliphatic heterocycles. The predicted octanol–water partition coefficient (Wildman–Crippen LogP) is 4.48. The molecular formula is C12H19F2N. The molecule has 0 saturated heterocycles. The van der Waals surface area contributed by atoms with Crippen molar-refractivity contribution in [2.75, 3.05) is 0 Å². The van der Waals surface area contributed by atoms with Crippen molar-refractivity contribution in [1.29, 1.82) is 0 Å². The summed E-state index contributed by atoms with van der Waals surface area (Å²) in [6.45, 7) is 9.53. The fourth-order valence-electron chi connectivity index (χ4n) is 1.11. The molecule has 0 aliphatic carbocycles. The molecule has 0 N–H and O–H groups in total. The van der Waals surface area contributed by atoms with Crippen molar-refractivity contribution in [2.24, 2.45) is 0 Å². The molecule has 0 atom stereocenters. The third-order valence-electron chi connectivity index (χ3n) is 1.99. The molecule has 86 valence electrons. The van der Waals surface area contributed by atoms with Gasteiger partial charge in [0.15, 0.2) is 0 Å². The van der Waals surface area contributed by atoms with E-state index in [0.717, 1.165) is 5.69 Å². The van der Waals surface area contributed by atoms with Crippen LogP contribution < -0.4 is 0 Å². The Balaban J connectivity index is 0.000000921. The molecule has 0 amide bonds. The second-order valence-corrected chi connectivity index (χ2v) is 3.42. The van der Waals surface area contributed by atoms with Crippen LogP contribution in [-0.2, 0) is 0 Å².